The zero-order valence-corrected chi connectivity index (χ0v) is 17.8. The van der Waals surface area contributed by atoms with E-state index in [1.54, 1.807) is 4.90 Å². The molecule has 154 valence electrons. The lowest BCUT2D eigenvalue weighted by molar-refractivity contribution is -0.123. The average molecular weight is 413 g/mol. The van der Waals surface area contributed by atoms with Crippen molar-refractivity contribution in [2.24, 2.45) is 0 Å². The highest BCUT2D eigenvalue weighted by molar-refractivity contribution is 7.91. The topological polar surface area (TPSA) is 57.7 Å². The molecule has 0 aromatic heterocycles. The Morgan fingerprint density at radius 3 is 2.28 bits per heavy atom. The highest BCUT2D eigenvalue weighted by atomic mass is 32.2. The van der Waals surface area contributed by atoms with E-state index in [0.29, 0.717) is 12.5 Å². The molecule has 2 saturated heterocycles. The van der Waals surface area contributed by atoms with Gasteiger partial charge in [-0.1, -0.05) is 56.3 Å². The van der Waals surface area contributed by atoms with Gasteiger partial charge >= 0.3 is 0 Å². The highest BCUT2D eigenvalue weighted by Crippen LogP contribution is 2.32. The number of nitrogens with zero attached hydrogens (tertiary/aromatic N) is 2. The fraction of sp³-hybridized carbons (Fsp3) is 0.435. The maximum absolute atomic E-state index is 13.1. The summed E-state index contributed by atoms with van der Waals surface area (Å²) in [6.45, 7) is 5.21. The summed E-state index contributed by atoms with van der Waals surface area (Å²) in [6.07, 6.45) is 0.806. The van der Waals surface area contributed by atoms with Crippen molar-refractivity contribution in [3.05, 3.63) is 65.7 Å². The van der Waals surface area contributed by atoms with Gasteiger partial charge in [0.05, 0.1) is 24.1 Å². The van der Waals surface area contributed by atoms with E-state index >= 15 is 0 Å². The van der Waals surface area contributed by atoms with Crippen LogP contribution in [0.3, 0.4) is 0 Å². The average Bonchev–Trinajstić information content (AvgIpc) is 3.02. The Kier molecular flexibility index (Phi) is 5.49. The van der Waals surface area contributed by atoms with Crippen LogP contribution in [0.1, 0.15) is 30.9 Å². The molecule has 1 amide bonds. The van der Waals surface area contributed by atoms with Crippen molar-refractivity contribution in [1.82, 2.24) is 4.90 Å². The van der Waals surface area contributed by atoms with Gasteiger partial charge in [0.1, 0.15) is 0 Å². The summed E-state index contributed by atoms with van der Waals surface area (Å²) in [7, 11) is -3.17. The van der Waals surface area contributed by atoms with E-state index in [1.807, 2.05) is 42.5 Å². The fourth-order valence-electron chi connectivity index (χ4n) is 4.48. The molecule has 2 atom stereocenters. The van der Waals surface area contributed by atoms with Crippen molar-refractivity contribution < 1.29 is 13.2 Å². The zero-order chi connectivity index (χ0) is 20.6. The van der Waals surface area contributed by atoms with E-state index in [-0.39, 0.29) is 36.0 Å². The lowest BCUT2D eigenvalue weighted by Gasteiger charge is -2.43. The molecule has 0 spiro atoms. The minimum absolute atomic E-state index is 0.0197. The second kappa shape index (κ2) is 7.92. The van der Waals surface area contributed by atoms with Crippen LogP contribution >= 0.6 is 0 Å². The number of fused-ring (bicyclic) bond motifs is 1. The van der Waals surface area contributed by atoms with Gasteiger partial charge in [-0.25, -0.2) is 8.42 Å². The van der Waals surface area contributed by atoms with Crippen molar-refractivity contribution in [2.75, 3.05) is 29.5 Å². The van der Waals surface area contributed by atoms with Crippen LogP contribution in [0.4, 0.5) is 5.69 Å². The molecule has 2 unspecified atom stereocenters. The molecule has 5 nitrogen and oxygen atoms in total. The van der Waals surface area contributed by atoms with Gasteiger partial charge in [0.2, 0.25) is 5.91 Å². The summed E-state index contributed by atoms with van der Waals surface area (Å²) >= 11 is 0. The van der Waals surface area contributed by atoms with E-state index in [0.717, 1.165) is 12.1 Å². The predicted molar refractivity (Wildman–Crippen MR) is 116 cm³/mol. The molecule has 2 heterocycles. The smallest absolute Gasteiger partial charge is 0.241 e. The molecule has 2 aromatic rings. The summed E-state index contributed by atoms with van der Waals surface area (Å²) in [5, 5.41) is 0. The number of hydrogen-bond acceptors (Lipinski definition) is 4. The summed E-state index contributed by atoms with van der Waals surface area (Å²) in [6, 6.07) is 17.6. The molecule has 6 heteroatoms. The molecule has 2 fully saturated rings. The lowest BCUT2D eigenvalue weighted by atomic mass is 10.00. The number of rotatable bonds is 5. The third kappa shape index (κ3) is 4.23. The number of anilines is 1. The first-order valence-electron chi connectivity index (χ1n) is 10.2. The number of sulfone groups is 1. The molecule has 29 heavy (non-hydrogen) atoms. The molecule has 0 bridgehead atoms. The molecule has 2 aliphatic heterocycles. The Bertz CT molecular complexity index is 971. The number of carbonyl (C=O) groups is 1. The third-order valence-corrected chi connectivity index (χ3v) is 7.77. The van der Waals surface area contributed by atoms with Crippen molar-refractivity contribution in [3.8, 4) is 0 Å². The van der Waals surface area contributed by atoms with E-state index in [1.165, 1.54) is 11.1 Å². The van der Waals surface area contributed by atoms with Crippen LogP contribution in [0.2, 0.25) is 0 Å². The number of benzene rings is 2. The Balaban J connectivity index is 1.58. The van der Waals surface area contributed by atoms with E-state index in [2.05, 4.69) is 30.9 Å². The van der Waals surface area contributed by atoms with Crippen molar-refractivity contribution in [2.45, 2.75) is 38.3 Å². The molecule has 0 N–H and O–H groups in total. The van der Waals surface area contributed by atoms with Crippen molar-refractivity contribution >= 4 is 21.4 Å². The Labute approximate surface area is 173 Å². The standard InChI is InChI=1S/C23H28N2O3S/c1-17(2)19-8-10-20(11-9-19)25-22-16-29(27,28)15-21(22)24(14-23(25)26)13-12-18-6-4-3-5-7-18/h3-11,17,21-22H,12-16H2,1-2H3. The minimum Gasteiger partial charge on any atom is -0.306 e. The van der Waals surface area contributed by atoms with Gasteiger partial charge in [-0.05, 0) is 35.6 Å². The van der Waals surface area contributed by atoms with Gasteiger partial charge in [-0.3, -0.25) is 9.69 Å². The molecule has 4 rings (SSSR count). The monoisotopic (exact) mass is 412 g/mol. The summed E-state index contributed by atoms with van der Waals surface area (Å²) in [4.78, 5) is 16.9. The fourth-order valence-corrected chi connectivity index (χ4v) is 6.46. The Morgan fingerprint density at radius 2 is 1.62 bits per heavy atom. The van der Waals surface area contributed by atoms with Crippen molar-refractivity contribution in [1.29, 1.82) is 0 Å². The molecule has 2 aliphatic rings. The maximum atomic E-state index is 13.1. The Hall–Kier alpha value is -2.18. The van der Waals surface area contributed by atoms with Gasteiger partial charge in [-0.2, -0.15) is 0 Å². The number of piperazine rings is 1. The largest absolute Gasteiger partial charge is 0.306 e. The van der Waals surface area contributed by atoms with Crippen LogP contribution in [0.25, 0.3) is 0 Å². The van der Waals surface area contributed by atoms with Gasteiger partial charge < -0.3 is 4.90 Å². The lowest BCUT2D eigenvalue weighted by Crippen LogP contribution is -2.62. The van der Waals surface area contributed by atoms with E-state index < -0.39 is 9.84 Å². The molecule has 0 aliphatic carbocycles. The van der Waals surface area contributed by atoms with Crippen LogP contribution in [0.15, 0.2) is 54.6 Å². The zero-order valence-electron chi connectivity index (χ0n) is 17.0. The van der Waals surface area contributed by atoms with Crippen LogP contribution < -0.4 is 4.90 Å². The molecule has 0 radical (unpaired) electrons. The van der Waals surface area contributed by atoms with E-state index in [4.69, 9.17) is 0 Å². The van der Waals surface area contributed by atoms with E-state index in [9.17, 15) is 13.2 Å². The summed E-state index contributed by atoms with van der Waals surface area (Å²) < 4.78 is 25.0. The highest BCUT2D eigenvalue weighted by Gasteiger charge is 2.49. The van der Waals surface area contributed by atoms with Gasteiger partial charge in [0.15, 0.2) is 9.84 Å². The quantitative estimate of drug-likeness (QED) is 0.758. The summed E-state index contributed by atoms with van der Waals surface area (Å²) in [5.41, 5.74) is 3.21. The maximum Gasteiger partial charge on any atom is 0.241 e. The first kappa shape index (κ1) is 20.1. The van der Waals surface area contributed by atoms with Gasteiger partial charge in [-0.15, -0.1) is 0 Å². The molecular formula is C23H28N2O3S. The molecule has 2 aromatic carbocycles. The number of amides is 1. The molecule has 0 saturated carbocycles. The Morgan fingerprint density at radius 1 is 0.966 bits per heavy atom. The van der Waals surface area contributed by atoms with Crippen LogP contribution in [0, 0.1) is 0 Å². The first-order valence-corrected chi connectivity index (χ1v) is 12.1. The number of hydrogen-bond donors (Lipinski definition) is 0. The van der Waals surface area contributed by atoms with Crippen LogP contribution in [-0.4, -0.2) is 55.9 Å². The second-order valence-electron chi connectivity index (χ2n) is 8.43. The normalized spacial score (nSPS) is 24.1. The third-order valence-electron chi connectivity index (χ3n) is 6.07. The molecular weight excluding hydrogens is 384 g/mol. The SMILES string of the molecule is CC(C)c1ccc(N2C(=O)CN(CCc3ccccc3)C3CS(=O)(=O)CC32)cc1. The second-order valence-corrected chi connectivity index (χ2v) is 10.6. The summed E-state index contributed by atoms with van der Waals surface area (Å²) in [5.74, 6) is 0.556. The van der Waals surface area contributed by atoms with Gasteiger partial charge in [0.25, 0.3) is 0 Å². The first-order chi connectivity index (χ1) is 13.8. The minimum atomic E-state index is -3.17. The van der Waals surface area contributed by atoms with Crippen LogP contribution in [0.5, 0.6) is 0 Å². The van der Waals surface area contributed by atoms with Crippen molar-refractivity contribution in [3.63, 3.8) is 0 Å². The van der Waals surface area contributed by atoms with Gasteiger partial charge in [0, 0.05) is 18.3 Å². The van der Waals surface area contributed by atoms with Crippen LogP contribution in [-0.2, 0) is 21.1 Å². The predicted octanol–water partition coefficient (Wildman–Crippen LogP) is 2.87. The number of carbonyl (C=O) groups excluding carboxylic acids is 1.